The molecule has 1 amide bonds. The van der Waals surface area contributed by atoms with Crippen molar-refractivity contribution in [3.05, 3.63) is 48.2 Å². The molecule has 6 heteroatoms. The van der Waals surface area contributed by atoms with E-state index in [9.17, 15) is 4.79 Å². The largest absolute Gasteiger partial charge is 4.00 e. The number of nitrogens with one attached hydrogen (secondary N) is 1. The summed E-state index contributed by atoms with van der Waals surface area (Å²) in [6.07, 6.45) is 3.52. The Morgan fingerprint density at radius 1 is 1.13 bits per heavy atom. The van der Waals surface area contributed by atoms with Gasteiger partial charge in [-0.25, -0.2) is 0 Å². The van der Waals surface area contributed by atoms with Crippen LogP contribution in [-0.4, -0.2) is 15.4 Å². The number of fused-ring (bicyclic) bond motifs is 1. The van der Waals surface area contributed by atoms with Gasteiger partial charge in [-0.1, -0.05) is 38.9 Å². The molecule has 0 fully saturated rings. The number of amides is 1. The summed E-state index contributed by atoms with van der Waals surface area (Å²) < 4.78 is 0. The van der Waals surface area contributed by atoms with Crippen molar-refractivity contribution >= 4 is 26.2 Å². The van der Waals surface area contributed by atoms with Gasteiger partial charge in [0.2, 0.25) is 0 Å². The minimum atomic E-state index is -0.432. The Morgan fingerprint density at radius 2 is 1.70 bits per heavy atom. The van der Waals surface area contributed by atoms with Crippen LogP contribution < -0.4 is 24.8 Å². The van der Waals surface area contributed by atoms with Gasteiger partial charge in [-0.05, 0) is 12.8 Å². The van der Waals surface area contributed by atoms with Crippen LogP contribution in [-0.2, 0) is 31.0 Å². The summed E-state index contributed by atoms with van der Waals surface area (Å²) in [7, 11) is 1.08. The number of hydrogen-bond donors (Lipinski definition) is 0. The number of carbonyl (C=O) groups is 1. The molecule has 2 radical (unpaired) electrons. The van der Waals surface area contributed by atoms with Crippen LogP contribution >= 0.6 is 0 Å². The molecule has 1 N–H and O–H groups in total. The first-order valence-electron chi connectivity index (χ1n) is 7.09. The Kier molecular flexibility index (Phi) is 29.5. The van der Waals surface area contributed by atoms with Crippen LogP contribution in [0, 0.1) is 0 Å². The van der Waals surface area contributed by atoms with Crippen LogP contribution in [0.4, 0.5) is 0 Å². The smallest absolute Gasteiger partial charge is 1.00 e. The standard InChI is InChI=1S/C9H7.C6H13NO.C2H6Si.2ClH.Zr/c1-2-5-9-7-3-6-8(9)4-1;1-2-3-4-5-6(7)8;1-3-2;;;/h1-7H;2-5H2,1H3,(H2,7,8);1-2H3;2*1H;/q-1;;;;;+4/p-3. The maximum Gasteiger partial charge on any atom is 4.00 e. The zero-order valence-corrected chi connectivity index (χ0v) is 19.0. The topological polar surface area (TPSA) is 40.9 Å². The normalized spacial score (nSPS) is 7.96. The van der Waals surface area contributed by atoms with Gasteiger partial charge in [-0.2, -0.15) is 17.5 Å². The van der Waals surface area contributed by atoms with Gasteiger partial charge in [0, 0.05) is 15.4 Å². The van der Waals surface area contributed by atoms with Crippen molar-refractivity contribution in [3.63, 3.8) is 0 Å². The van der Waals surface area contributed by atoms with Gasteiger partial charge in [-0.3, -0.25) is 0 Å². The molecule has 2 nitrogen and oxygen atoms in total. The van der Waals surface area contributed by atoms with Crippen molar-refractivity contribution in [2.45, 2.75) is 45.7 Å². The molecule has 0 saturated carbocycles. The first-order valence-corrected chi connectivity index (χ1v) is 9.09. The zero-order valence-electron chi connectivity index (χ0n) is 14.0. The zero-order chi connectivity index (χ0) is 15.2. The van der Waals surface area contributed by atoms with Gasteiger partial charge in [-0.15, -0.1) is 29.7 Å². The molecule has 2 aromatic rings. The van der Waals surface area contributed by atoms with Crippen LogP contribution in [0.2, 0.25) is 13.1 Å². The number of benzene rings is 1. The third-order valence-electron chi connectivity index (χ3n) is 2.55. The fourth-order valence-electron chi connectivity index (χ4n) is 1.61. The average molecular weight is 450 g/mol. The van der Waals surface area contributed by atoms with E-state index < -0.39 is 5.91 Å². The minimum Gasteiger partial charge on any atom is -1.00 e. The van der Waals surface area contributed by atoms with Crippen molar-refractivity contribution in [1.29, 1.82) is 0 Å². The molecule has 0 heterocycles. The summed E-state index contributed by atoms with van der Waals surface area (Å²) in [6.45, 7) is 6.38. The van der Waals surface area contributed by atoms with E-state index >= 15 is 0 Å². The van der Waals surface area contributed by atoms with E-state index in [2.05, 4.69) is 62.5 Å². The molecule has 0 aliphatic heterocycles. The van der Waals surface area contributed by atoms with E-state index in [0.717, 1.165) is 28.8 Å². The summed E-state index contributed by atoms with van der Waals surface area (Å²) in [6, 6.07) is 14.7. The molecular formula is C17H25Cl2NOSiZr. The molecule has 2 rings (SSSR count). The summed E-state index contributed by atoms with van der Waals surface area (Å²) in [4.78, 5) is 9.99. The van der Waals surface area contributed by atoms with E-state index in [1.54, 1.807) is 0 Å². The first-order chi connectivity index (χ1) is 9.65. The van der Waals surface area contributed by atoms with Gasteiger partial charge in [0.1, 0.15) is 0 Å². The van der Waals surface area contributed by atoms with Crippen LogP contribution in [0.15, 0.2) is 42.5 Å². The van der Waals surface area contributed by atoms with Crippen LogP contribution in [0.1, 0.15) is 32.6 Å². The maximum absolute atomic E-state index is 9.99. The second kappa shape index (κ2) is 22.0. The van der Waals surface area contributed by atoms with Crippen molar-refractivity contribution in [3.8, 4) is 0 Å². The fraction of sp³-hybridized carbons (Fsp3) is 0.412. The van der Waals surface area contributed by atoms with Crippen molar-refractivity contribution < 1.29 is 55.8 Å². The Balaban J connectivity index is -0.000000122. The molecule has 0 bridgehead atoms. The Labute approximate surface area is 175 Å². The van der Waals surface area contributed by atoms with Gasteiger partial charge >= 0.3 is 26.2 Å². The van der Waals surface area contributed by atoms with E-state index in [1.165, 1.54) is 10.8 Å². The Bertz CT molecular complexity index is 450. The van der Waals surface area contributed by atoms with Crippen molar-refractivity contribution in [2.24, 2.45) is 0 Å². The van der Waals surface area contributed by atoms with E-state index in [-0.39, 0.29) is 51.0 Å². The summed E-state index contributed by atoms with van der Waals surface area (Å²) in [5, 5.41) is 2.66. The molecule has 0 unspecified atom stereocenters. The monoisotopic (exact) mass is 447 g/mol. The number of rotatable bonds is 4. The molecule has 0 aliphatic rings. The molecule has 0 aliphatic carbocycles. The van der Waals surface area contributed by atoms with Gasteiger partial charge in [0.05, 0.1) is 0 Å². The molecule has 2 aromatic carbocycles. The number of hydrogen-bond acceptors (Lipinski definition) is 1. The molecule has 0 saturated heterocycles. The maximum atomic E-state index is 9.99. The molecule has 0 atom stereocenters. The Morgan fingerprint density at radius 3 is 2.17 bits per heavy atom. The minimum absolute atomic E-state index is 0. The molecular weight excluding hydrogens is 424 g/mol. The first kappa shape index (κ1) is 30.8. The van der Waals surface area contributed by atoms with Gasteiger partial charge in [0.25, 0.3) is 0 Å². The van der Waals surface area contributed by atoms with E-state index in [4.69, 9.17) is 5.73 Å². The second-order valence-corrected chi connectivity index (χ2v) is 5.53. The molecule has 126 valence electrons. The Hall–Kier alpha value is -0.0200. The van der Waals surface area contributed by atoms with Gasteiger partial charge < -0.3 is 35.3 Å². The summed E-state index contributed by atoms with van der Waals surface area (Å²) in [5.74, 6) is -0.432. The number of carbonyl (C=O) groups excluding carboxylic acids is 1. The van der Waals surface area contributed by atoms with E-state index in [0.29, 0.717) is 6.42 Å². The number of unbranched alkanes of at least 4 members (excludes halogenated alkanes) is 2. The van der Waals surface area contributed by atoms with E-state index in [1.807, 2.05) is 0 Å². The second-order valence-electron chi connectivity index (χ2n) is 4.53. The van der Waals surface area contributed by atoms with Crippen molar-refractivity contribution in [1.82, 2.24) is 0 Å². The molecule has 0 spiro atoms. The SMILES string of the molecule is CCCCCC([NH-])=O.C[Si]C.[Cl-].[Cl-].[Zr+4].c1ccc2[cH-]ccc2c1. The predicted octanol–water partition coefficient (Wildman–Crippen LogP) is -0.503. The third kappa shape index (κ3) is 18.2. The third-order valence-corrected chi connectivity index (χ3v) is 2.55. The quantitative estimate of drug-likeness (QED) is 0.352. The number of halogens is 2. The summed E-state index contributed by atoms with van der Waals surface area (Å²) >= 11 is 0. The molecule has 0 aromatic heterocycles. The van der Waals surface area contributed by atoms with Crippen LogP contribution in [0.5, 0.6) is 0 Å². The van der Waals surface area contributed by atoms with Crippen LogP contribution in [0.3, 0.4) is 0 Å². The van der Waals surface area contributed by atoms with Gasteiger partial charge in [0.15, 0.2) is 0 Å². The predicted molar refractivity (Wildman–Crippen MR) is 90.5 cm³/mol. The summed E-state index contributed by atoms with van der Waals surface area (Å²) in [5.41, 5.74) is 6.52. The van der Waals surface area contributed by atoms with Crippen LogP contribution in [0.25, 0.3) is 16.5 Å². The fourth-order valence-corrected chi connectivity index (χ4v) is 1.61. The van der Waals surface area contributed by atoms with Crippen molar-refractivity contribution in [2.75, 3.05) is 0 Å². The molecule has 23 heavy (non-hydrogen) atoms. The average Bonchev–Trinajstić information content (AvgIpc) is 2.88.